The third-order valence-electron chi connectivity index (χ3n) is 3.32. The number of halogens is 2. The van der Waals surface area contributed by atoms with Gasteiger partial charge in [0.2, 0.25) is 5.91 Å². The maximum Gasteiger partial charge on any atom is 0.224 e. The lowest BCUT2D eigenvalue weighted by Crippen LogP contribution is -2.12. The van der Waals surface area contributed by atoms with Gasteiger partial charge in [0.15, 0.2) is 5.89 Å². The third-order valence-corrected chi connectivity index (χ3v) is 4.06. The van der Waals surface area contributed by atoms with E-state index in [1.54, 1.807) is 18.2 Å². The van der Waals surface area contributed by atoms with Gasteiger partial charge in [0, 0.05) is 23.9 Å². The van der Waals surface area contributed by atoms with Gasteiger partial charge in [0.05, 0.1) is 15.7 Å². The molecule has 0 aliphatic heterocycles. The van der Waals surface area contributed by atoms with Crippen LogP contribution in [0.3, 0.4) is 0 Å². The second-order valence-corrected chi connectivity index (χ2v) is 7.27. The molecule has 0 aliphatic rings. The highest BCUT2D eigenvalue weighted by molar-refractivity contribution is 6.42. The number of carbonyl (C=O) groups excluding carboxylic acids is 1. The molecule has 4 nitrogen and oxygen atoms in total. The molecule has 0 bridgehead atoms. The Bertz CT molecular complexity index is 718. The van der Waals surface area contributed by atoms with E-state index in [9.17, 15) is 4.79 Å². The number of rotatable bonds is 4. The lowest BCUT2D eigenvalue weighted by atomic mass is 9.97. The fourth-order valence-electron chi connectivity index (χ4n) is 2.01. The maximum atomic E-state index is 12.0. The van der Waals surface area contributed by atoms with Gasteiger partial charge in [-0.05, 0) is 25.1 Å². The van der Waals surface area contributed by atoms with E-state index in [0.29, 0.717) is 34.5 Å². The molecule has 1 aromatic carbocycles. The van der Waals surface area contributed by atoms with Crippen molar-refractivity contribution in [2.24, 2.45) is 0 Å². The molecule has 1 N–H and O–H groups in total. The lowest BCUT2D eigenvalue weighted by molar-refractivity contribution is -0.116. The normalized spacial score (nSPS) is 11.6. The number of nitrogens with one attached hydrogen (secondary N) is 1. The molecule has 2 aromatic rings. The van der Waals surface area contributed by atoms with E-state index >= 15 is 0 Å². The van der Waals surface area contributed by atoms with E-state index in [0.717, 1.165) is 11.5 Å². The first-order valence-corrected chi connectivity index (χ1v) is 8.14. The number of carbonyl (C=O) groups is 1. The van der Waals surface area contributed by atoms with Crippen molar-refractivity contribution >= 4 is 34.8 Å². The summed E-state index contributed by atoms with van der Waals surface area (Å²) in [6.45, 7) is 8.02. The molecule has 1 heterocycles. The van der Waals surface area contributed by atoms with Gasteiger partial charge < -0.3 is 9.73 Å². The highest BCUT2D eigenvalue weighted by Crippen LogP contribution is 2.26. The van der Waals surface area contributed by atoms with Gasteiger partial charge in [0.25, 0.3) is 0 Å². The molecule has 0 spiro atoms. The second-order valence-electron chi connectivity index (χ2n) is 6.45. The van der Waals surface area contributed by atoms with Crippen LogP contribution in [0.25, 0.3) is 0 Å². The number of amides is 1. The molecule has 124 valence electrons. The summed E-state index contributed by atoms with van der Waals surface area (Å²) < 4.78 is 5.78. The first-order chi connectivity index (χ1) is 10.7. The average molecular weight is 355 g/mol. The van der Waals surface area contributed by atoms with Crippen molar-refractivity contribution in [2.45, 2.75) is 46.0 Å². The quantitative estimate of drug-likeness (QED) is 0.824. The Morgan fingerprint density at radius 2 is 1.96 bits per heavy atom. The SMILES string of the molecule is Cc1nc(C(C)(C)C)oc1CCC(=O)Nc1ccc(Cl)c(Cl)c1. The number of anilines is 1. The largest absolute Gasteiger partial charge is 0.445 e. The molecule has 6 heteroatoms. The minimum atomic E-state index is -0.147. The zero-order chi connectivity index (χ0) is 17.2. The molecule has 0 radical (unpaired) electrons. The number of nitrogens with zero attached hydrogens (tertiary/aromatic N) is 1. The molecule has 23 heavy (non-hydrogen) atoms. The Labute approximate surface area is 146 Å². The first kappa shape index (κ1) is 17.8. The van der Waals surface area contributed by atoms with Gasteiger partial charge in [-0.1, -0.05) is 44.0 Å². The van der Waals surface area contributed by atoms with Gasteiger partial charge in [-0.3, -0.25) is 4.79 Å². The molecule has 0 unspecified atom stereocenters. The Balaban J connectivity index is 1.96. The van der Waals surface area contributed by atoms with Crippen LogP contribution in [0.15, 0.2) is 22.6 Å². The number of hydrogen-bond acceptors (Lipinski definition) is 3. The van der Waals surface area contributed by atoms with E-state index in [4.69, 9.17) is 27.6 Å². The molecule has 1 aromatic heterocycles. The predicted molar refractivity (Wildman–Crippen MR) is 93.4 cm³/mol. The summed E-state index contributed by atoms with van der Waals surface area (Å²) >= 11 is 11.8. The molecule has 0 aliphatic carbocycles. The van der Waals surface area contributed by atoms with E-state index in [1.165, 1.54) is 0 Å². The molecular weight excluding hydrogens is 335 g/mol. The third kappa shape index (κ3) is 4.72. The number of aryl methyl sites for hydroxylation is 2. The van der Waals surface area contributed by atoms with E-state index in [2.05, 4.69) is 10.3 Å². The number of hydrogen-bond donors (Lipinski definition) is 1. The van der Waals surface area contributed by atoms with E-state index in [-0.39, 0.29) is 11.3 Å². The van der Waals surface area contributed by atoms with Crippen LogP contribution in [0.5, 0.6) is 0 Å². The standard InChI is InChI=1S/C17H20Cl2N2O2/c1-10-14(23-16(20-10)17(2,3)4)7-8-15(22)21-11-5-6-12(18)13(19)9-11/h5-6,9H,7-8H2,1-4H3,(H,21,22). The van der Waals surface area contributed by atoms with Crippen LogP contribution in [0.1, 0.15) is 44.5 Å². The maximum absolute atomic E-state index is 12.0. The van der Waals surface area contributed by atoms with Gasteiger partial charge >= 0.3 is 0 Å². The zero-order valence-electron chi connectivity index (χ0n) is 13.7. The molecule has 0 atom stereocenters. The highest BCUT2D eigenvalue weighted by Gasteiger charge is 2.22. The summed E-state index contributed by atoms with van der Waals surface area (Å²) in [5.41, 5.74) is 1.30. The smallest absolute Gasteiger partial charge is 0.224 e. The molecule has 0 fully saturated rings. The fraction of sp³-hybridized carbons (Fsp3) is 0.412. The Kier molecular flexibility index (Phi) is 5.37. The average Bonchev–Trinajstić information content (AvgIpc) is 2.82. The van der Waals surface area contributed by atoms with Crippen LogP contribution in [0.2, 0.25) is 10.0 Å². The van der Waals surface area contributed by atoms with Crippen LogP contribution in [-0.4, -0.2) is 10.9 Å². The van der Waals surface area contributed by atoms with E-state index in [1.807, 2.05) is 27.7 Å². The summed E-state index contributed by atoms with van der Waals surface area (Å²) in [6, 6.07) is 4.98. The van der Waals surface area contributed by atoms with Gasteiger partial charge in [0.1, 0.15) is 5.76 Å². The van der Waals surface area contributed by atoms with Crippen LogP contribution in [-0.2, 0) is 16.6 Å². The van der Waals surface area contributed by atoms with Crippen molar-refractivity contribution in [2.75, 3.05) is 5.32 Å². The van der Waals surface area contributed by atoms with Crippen molar-refractivity contribution in [3.8, 4) is 0 Å². The minimum Gasteiger partial charge on any atom is -0.445 e. The van der Waals surface area contributed by atoms with Crippen LogP contribution in [0, 0.1) is 6.92 Å². The fourth-order valence-corrected chi connectivity index (χ4v) is 2.30. The second kappa shape index (κ2) is 6.93. The zero-order valence-corrected chi connectivity index (χ0v) is 15.2. The van der Waals surface area contributed by atoms with Crippen LogP contribution >= 0.6 is 23.2 Å². The molecular formula is C17H20Cl2N2O2. The van der Waals surface area contributed by atoms with Crippen molar-refractivity contribution in [1.29, 1.82) is 0 Å². The number of aromatic nitrogens is 1. The molecule has 0 saturated carbocycles. The van der Waals surface area contributed by atoms with Crippen molar-refractivity contribution in [3.05, 3.63) is 45.6 Å². The summed E-state index contributed by atoms with van der Waals surface area (Å²) in [5, 5.41) is 3.66. The van der Waals surface area contributed by atoms with Gasteiger partial charge in [-0.2, -0.15) is 0 Å². The summed E-state index contributed by atoms with van der Waals surface area (Å²) in [7, 11) is 0. The summed E-state index contributed by atoms with van der Waals surface area (Å²) in [5.74, 6) is 1.32. The van der Waals surface area contributed by atoms with E-state index < -0.39 is 0 Å². The molecule has 2 rings (SSSR count). The summed E-state index contributed by atoms with van der Waals surface area (Å²) in [4.78, 5) is 16.5. The Morgan fingerprint density at radius 3 is 2.52 bits per heavy atom. The van der Waals surface area contributed by atoms with Gasteiger partial charge in [-0.25, -0.2) is 4.98 Å². The van der Waals surface area contributed by atoms with Gasteiger partial charge in [-0.15, -0.1) is 0 Å². The molecule has 1 amide bonds. The number of benzene rings is 1. The van der Waals surface area contributed by atoms with Crippen LogP contribution in [0.4, 0.5) is 5.69 Å². The summed E-state index contributed by atoms with van der Waals surface area (Å²) in [6.07, 6.45) is 0.807. The molecule has 0 saturated heterocycles. The highest BCUT2D eigenvalue weighted by atomic mass is 35.5. The Hall–Kier alpha value is -1.52. The van der Waals surface area contributed by atoms with Crippen molar-refractivity contribution in [1.82, 2.24) is 4.98 Å². The predicted octanol–water partition coefficient (Wildman–Crippen LogP) is 5.16. The Morgan fingerprint density at radius 1 is 1.26 bits per heavy atom. The first-order valence-electron chi connectivity index (χ1n) is 7.38. The van der Waals surface area contributed by atoms with Crippen molar-refractivity contribution in [3.63, 3.8) is 0 Å². The number of oxazole rings is 1. The van der Waals surface area contributed by atoms with Crippen LogP contribution < -0.4 is 5.32 Å². The lowest BCUT2D eigenvalue weighted by Gasteiger charge is -2.12. The topological polar surface area (TPSA) is 55.1 Å². The monoisotopic (exact) mass is 354 g/mol. The van der Waals surface area contributed by atoms with Crippen molar-refractivity contribution < 1.29 is 9.21 Å². The minimum absolute atomic E-state index is 0.114.